The van der Waals surface area contributed by atoms with Crippen LogP contribution in [-0.4, -0.2) is 30.0 Å². The van der Waals surface area contributed by atoms with E-state index in [4.69, 9.17) is 4.42 Å². The predicted octanol–water partition coefficient (Wildman–Crippen LogP) is 2.45. The molecule has 1 aliphatic rings. The number of oxazole rings is 1. The van der Waals surface area contributed by atoms with E-state index >= 15 is 0 Å². The molecule has 2 N–H and O–H groups in total. The molecule has 0 bridgehead atoms. The molecule has 0 aliphatic carbocycles. The molecule has 0 spiro atoms. The summed E-state index contributed by atoms with van der Waals surface area (Å²) >= 11 is 0. The van der Waals surface area contributed by atoms with Crippen LogP contribution in [0.3, 0.4) is 0 Å². The smallest absolute Gasteiger partial charge is 0.220 e. The van der Waals surface area contributed by atoms with Gasteiger partial charge in [-0.25, -0.2) is 4.98 Å². The first-order valence-electron chi connectivity index (χ1n) is 8.24. The summed E-state index contributed by atoms with van der Waals surface area (Å²) < 4.78 is 5.83. The molecule has 1 unspecified atom stereocenters. The molecule has 0 radical (unpaired) electrons. The topological polar surface area (TPSA) is 67.2 Å². The van der Waals surface area contributed by atoms with Gasteiger partial charge in [-0.05, 0) is 26.3 Å². The van der Waals surface area contributed by atoms with E-state index in [1.165, 1.54) is 6.42 Å². The Morgan fingerprint density at radius 1 is 1.39 bits per heavy atom. The number of carbonyl (C=O) groups excluding carboxylic acids is 1. The van der Waals surface area contributed by atoms with Gasteiger partial charge in [-0.3, -0.25) is 4.79 Å². The molecular weight excluding hydrogens is 290 g/mol. The summed E-state index contributed by atoms with van der Waals surface area (Å²) in [5.41, 5.74) is 1.88. The quantitative estimate of drug-likeness (QED) is 0.859. The fourth-order valence-corrected chi connectivity index (χ4v) is 2.89. The van der Waals surface area contributed by atoms with Gasteiger partial charge in [0, 0.05) is 31.0 Å². The fraction of sp³-hybridized carbons (Fsp3) is 0.444. The minimum Gasteiger partial charge on any atom is -0.440 e. The molecule has 1 saturated heterocycles. The molecule has 2 heterocycles. The van der Waals surface area contributed by atoms with Crippen LogP contribution in [0, 0.1) is 6.92 Å². The van der Waals surface area contributed by atoms with Crippen molar-refractivity contribution in [2.75, 3.05) is 13.1 Å². The van der Waals surface area contributed by atoms with Gasteiger partial charge in [0.25, 0.3) is 0 Å². The SMILES string of the molecule is Cc1nc(CCC(=O)NCC2CCCN2)oc1-c1ccccc1. The van der Waals surface area contributed by atoms with E-state index in [9.17, 15) is 4.79 Å². The Bertz CT molecular complexity index is 646. The Labute approximate surface area is 136 Å². The van der Waals surface area contributed by atoms with Gasteiger partial charge >= 0.3 is 0 Å². The highest BCUT2D eigenvalue weighted by Crippen LogP contribution is 2.24. The fourth-order valence-electron chi connectivity index (χ4n) is 2.89. The number of amides is 1. The number of nitrogens with one attached hydrogen (secondary N) is 2. The van der Waals surface area contributed by atoms with Crippen molar-refractivity contribution in [2.24, 2.45) is 0 Å². The van der Waals surface area contributed by atoms with Gasteiger partial charge < -0.3 is 15.1 Å². The third kappa shape index (κ3) is 4.20. The maximum Gasteiger partial charge on any atom is 0.220 e. The number of benzene rings is 1. The molecule has 0 saturated carbocycles. The number of hydrogen-bond donors (Lipinski definition) is 2. The molecule has 23 heavy (non-hydrogen) atoms. The van der Waals surface area contributed by atoms with E-state index in [0.29, 0.717) is 31.3 Å². The van der Waals surface area contributed by atoms with Crippen molar-refractivity contribution in [3.8, 4) is 11.3 Å². The van der Waals surface area contributed by atoms with Crippen LogP contribution in [-0.2, 0) is 11.2 Å². The first-order chi connectivity index (χ1) is 11.2. The van der Waals surface area contributed by atoms with E-state index < -0.39 is 0 Å². The summed E-state index contributed by atoms with van der Waals surface area (Å²) in [5.74, 6) is 1.46. The van der Waals surface area contributed by atoms with Crippen molar-refractivity contribution in [1.82, 2.24) is 15.6 Å². The lowest BCUT2D eigenvalue weighted by molar-refractivity contribution is -0.121. The molecule has 1 aromatic carbocycles. The lowest BCUT2D eigenvalue weighted by atomic mass is 10.1. The van der Waals surface area contributed by atoms with Gasteiger partial charge in [0.2, 0.25) is 5.91 Å². The molecule has 1 fully saturated rings. The number of hydrogen-bond acceptors (Lipinski definition) is 4. The molecule has 1 amide bonds. The standard InChI is InChI=1S/C18H23N3O2/c1-13-18(14-6-3-2-4-7-14)23-17(21-13)10-9-16(22)20-12-15-8-5-11-19-15/h2-4,6-7,15,19H,5,8-12H2,1H3,(H,20,22). The van der Waals surface area contributed by atoms with Crippen LogP contribution in [0.5, 0.6) is 0 Å². The Morgan fingerprint density at radius 2 is 2.22 bits per heavy atom. The van der Waals surface area contributed by atoms with Gasteiger partial charge in [0.15, 0.2) is 11.7 Å². The van der Waals surface area contributed by atoms with Crippen LogP contribution < -0.4 is 10.6 Å². The average molecular weight is 313 g/mol. The average Bonchev–Trinajstić information content (AvgIpc) is 3.21. The molecule has 1 aromatic heterocycles. The molecule has 1 atom stereocenters. The Balaban J connectivity index is 1.51. The molecule has 5 nitrogen and oxygen atoms in total. The van der Waals surface area contributed by atoms with Crippen LogP contribution in [0.4, 0.5) is 0 Å². The summed E-state index contributed by atoms with van der Waals surface area (Å²) in [6.45, 7) is 3.69. The highest BCUT2D eigenvalue weighted by atomic mass is 16.4. The normalized spacial score (nSPS) is 17.3. The third-order valence-corrected chi connectivity index (χ3v) is 4.15. The number of aryl methyl sites for hydroxylation is 2. The Morgan fingerprint density at radius 3 is 2.96 bits per heavy atom. The highest BCUT2D eigenvalue weighted by Gasteiger charge is 2.16. The first kappa shape index (κ1) is 15.7. The maximum atomic E-state index is 11.9. The zero-order valence-electron chi connectivity index (χ0n) is 13.5. The van der Waals surface area contributed by atoms with E-state index in [0.717, 1.165) is 30.0 Å². The van der Waals surface area contributed by atoms with E-state index in [2.05, 4.69) is 15.6 Å². The van der Waals surface area contributed by atoms with Crippen LogP contribution in [0.25, 0.3) is 11.3 Å². The van der Waals surface area contributed by atoms with Crippen LogP contribution in [0.2, 0.25) is 0 Å². The molecule has 5 heteroatoms. The lowest BCUT2D eigenvalue weighted by Gasteiger charge is -2.10. The van der Waals surface area contributed by atoms with Crippen LogP contribution >= 0.6 is 0 Å². The summed E-state index contributed by atoms with van der Waals surface area (Å²) in [5, 5.41) is 6.35. The molecule has 2 aromatic rings. The molecular formula is C18H23N3O2. The second-order valence-corrected chi connectivity index (χ2v) is 5.99. The molecule has 122 valence electrons. The summed E-state index contributed by atoms with van der Waals surface area (Å²) in [4.78, 5) is 16.4. The van der Waals surface area contributed by atoms with Crippen molar-refractivity contribution in [3.63, 3.8) is 0 Å². The van der Waals surface area contributed by atoms with Crippen molar-refractivity contribution in [2.45, 2.75) is 38.6 Å². The van der Waals surface area contributed by atoms with Gasteiger partial charge in [-0.15, -0.1) is 0 Å². The summed E-state index contributed by atoms with van der Waals surface area (Å²) in [6, 6.07) is 10.3. The Kier molecular flexibility index (Phi) is 5.08. The van der Waals surface area contributed by atoms with Crippen molar-refractivity contribution in [3.05, 3.63) is 41.9 Å². The van der Waals surface area contributed by atoms with Crippen molar-refractivity contribution in [1.29, 1.82) is 0 Å². The Hall–Kier alpha value is -2.14. The largest absolute Gasteiger partial charge is 0.440 e. The van der Waals surface area contributed by atoms with Crippen molar-refractivity contribution >= 4 is 5.91 Å². The van der Waals surface area contributed by atoms with E-state index in [1.807, 2.05) is 37.3 Å². The van der Waals surface area contributed by atoms with Crippen LogP contribution in [0.15, 0.2) is 34.7 Å². The van der Waals surface area contributed by atoms with Gasteiger partial charge in [0.05, 0.1) is 5.69 Å². The van der Waals surface area contributed by atoms with Crippen molar-refractivity contribution < 1.29 is 9.21 Å². The minimum absolute atomic E-state index is 0.0517. The number of aromatic nitrogens is 1. The van der Waals surface area contributed by atoms with Crippen LogP contribution in [0.1, 0.15) is 30.8 Å². The molecule has 1 aliphatic heterocycles. The minimum atomic E-state index is 0.0517. The zero-order valence-corrected chi connectivity index (χ0v) is 13.5. The van der Waals surface area contributed by atoms with Gasteiger partial charge in [-0.2, -0.15) is 0 Å². The zero-order chi connectivity index (χ0) is 16.1. The van der Waals surface area contributed by atoms with Gasteiger partial charge in [0.1, 0.15) is 0 Å². The number of rotatable bonds is 6. The number of carbonyl (C=O) groups is 1. The highest BCUT2D eigenvalue weighted by molar-refractivity contribution is 5.76. The second-order valence-electron chi connectivity index (χ2n) is 5.99. The number of nitrogens with zero attached hydrogens (tertiary/aromatic N) is 1. The van der Waals surface area contributed by atoms with E-state index in [1.54, 1.807) is 0 Å². The lowest BCUT2D eigenvalue weighted by Crippen LogP contribution is -2.37. The van der Waals surface area contributed by atoms with E-state index in [-0.39, 0.29) is 5.91 Å². The first-order valence-corrected chi connectivity index (χ1v) is 8.24. The summed E-state index contributed by atoms with van der Waals surface area (Å²) in [6.07, 6.45) is 3.26. The summed E-state index contributed by atoms with van der Waals surface area (Å²) in [7, 11) is 0. The predicted molar refractivity (Wildman–Crippen MR) is 89.0 cm³/mol. The van der Waals surface area contributed by atoms with Gasteiger partial charge in [-0.1, -0.05) is 30.3 Å². The monoisotopic (exact) mass is 313 g/mol. The molecule has 3 rings (SSSR count). The maximum absolute atomic E-state index is 11.9. The second kappa shape index (κ2) is 7.42. The third-order valence-electron chi connectivity index (χ3n) is 4.15.